The van der Waals surface area contributed by atoms with Gasteiger partial charge in [0, 0.05) is 27.0 Å². The smallest absolute Gasteiger partial charge is 0.355 e. The number of fused-ring (bicyclic) bond motifs is 1. The number of esters is 1. The molecular weight excluding hydrogens is 688 g/mol. The molecule has 0 aliphatic carbocycles. The van der Waals surface area contributed by atoms with Crippen LogP contribution in [0.1, 0.15) is 15.9 Å². The number of carbonyl (C=O) groups is 5. The number of aliphatic hydroxyl groups is 1. The molecule has 2 aliphatic heterocycles. The van der Waals surface area contributed by atoms with E-state index in [2.05, 4.69) is 15.9 Å². The Morgan fingerprint density at radius 3 is 1.98 bits per heavy atom. The lowest BCUT2D eigenvalue weighted by Gasteiger charge is -2.35. The van der Waals surface area contributed by atoms with Crippen molar-refractivity contribution in [3.05, 3.63) is 160 Å². The highest BCUT2D eigenvalue weighted by Gasteiger charge is 2.71. The van der Waals surface area contributed by atoms with E-state index in [-0.39, 0.29) is 22.5 Å². The van der Waals surface area contributed by atoms with Gasteiger partial charge in [-0.05, 0) is 53.2 Å². The van der Waals surface area contributed by atoms with Gasteiger partial charge >= 0.3 is 11.9 Å². The summed E-state index contributed by atoms with van der Waals surface area (Å²) in [6, 6.07) is 34.3. The maximum atomic E-state index is 15.4. The van der Waals surface area contributed by atoms with Crippen molar-refractivity contribution in [2.45, 2.75) is 5.54 Å². The predicted octanol–water partition coefficient (Wildman–Crippen LogP) is 6.58. The largest absolute Gasteiger partial charge is 0.507 e. The van der Waals surface area contributed by atoms with Crippen molar-refractivity contribution < 1.29 is 33.8 Å². The number of aliphatic hydroxyl groups excluding tert-OH is 1. The number of hydrogen-bond acceptors (Lipinski definition) is 7. The minimum Gasteiger partial charge on any atom is -0.507 e. The van der Waals surface area contributed by atoms with Gasteiger partial charge in [-0.25, -0.2) is 4.79 Å². The molecule has 1 atom stereocenters. The molecule has 5 aromatic carbocycles. The number of ketones is 2. The number of para-hydroxylation sites is 1. The van der Waals surface area contributed by atoms with Crippen molar-refractivity contribution in [2.24, 2.45) is 0 Å². The highest BCUT2D eigenvalue weighted by atomic mass is 79.9. The Labute approximate surface area is 288 Å². The third-order valence-electron chi connectivity index (χ3n) is 8.66. The fourth-order valence-corrected chi connectivity index (χ4v) is 6.77. The molecule has 0 saturated carbocycles. The van der Waals surface area contributed by atoms with Gasteiger partial charge in [0.2, 0.25) is 0 Å². The molecule has 1 saturated heterocycles. The standard InChI is InChI=1S/C39H25BrN2O7/c1-49-37(47)32-30(34(44)26-17-16-23-10-8-9-13-25(23)22-26)39(38(48)41(32)28-14-6-3-7-15-28)31(33(43)24-11-4-2-5-12-24)35(45)36(46)42(39)29-20-18-27(40)19-21-29/h2-22,43H,1H3/b33-31-. The molecule has 1 N–H and O–H groups in total. The summed E-state index contributed by atoms with van der Waals surface area (Å²) in [6.45, 7) is 0. The molecule has 5 aromatic rings. The quantitative estimate of drug-likeness (QED) is 0.0694. The van der Waals surface area contributed by atoms with Gasteiger partial charge in [0.15, 0.2) is 11.3 Å². The van der Waals surface area contributed by atoms with E-state index in [0.29, 0.717) is 9.86 Å². The van der Waals surface area contributed by atoms with Crippen molar-refractivity contribution in [2.75, 3.05) is 16.9 Å². The molecule has 1 fully saturated rings. The molecule has 0 aromatic heterocycles. The third kappa shape index (κ3) is 4.79. The maximum Gasteiger partial charge on any atom is 0.355 e. The molecule has 2 amide bonds. The van der Waals surface area contributed by atoms with E-state index in [9.17, 15) is 19.5 Å². The first-order chi connectivity index (χ1) is 23.7. The van der Waals surface area contributed by atoms with Crippen LogP contribution < -0.4 is 9.80 Å². The number of Topliss-reactive ketones (excluding diaryl/α,β-unsaturated/α-hetero) is 2. The summed E-state index contributed by atoms with van der Waals surface area (Å²) in [6.07, 6.45) is 0. The van der Waals surface area contributed by atoms with E-state index in [1.54, 1.807) is 91.0 Å². The predicted molar refractivity (Wildman–Crippen MR) is 187 cm³/mol. The highest BCUT2D eigenvalue weighted by Crippen LogP contribution is 2.53. The fraction of sp³-hybridized carbons (Fsp3) is 0.0513. The zero-order valence-electron chi connectivity index (χ0n) is 25.8. The first-order valence-electron chi connectivity index (χ1n) is 15.1. The zero-order valence-corrected chi connectivity index (χ0v) is 27.4. The van der Waals surface area contributed by atoms with Gasteiger partial charge < -0.3 is 9.84 Å². The van der Waals surface area contributed by atoms with Crippen molar-refractivity contribution in [3.63, 3.8) is 0 Å². The molecule has 0 radical (unpaired) electrons. The molecular formula is C39H25BrN2O7. The van der Waals surface area contributed by atoms with Crippen LogP contribution in [0.2, 0.25) is 0 Å². The number of hydrogen-bond donors (Lipinski definition) is 1. The number of halogens is 1. The third-order valence-corrected chi connectivity index (χ3v) is 9.19. The van der Waals surface area contributed by atoms with Crippen molar-refractivity contribution in [1.82, 2.24) is 0 Å². The molecule has 9 nitrogen and oxygen atoms in total. The number of rotatable bonds is 6. The van der Waals surface area contributed by atoms with Crippen molar-refractivity contribution in [3.8, 4) is 0 Å². The molecule has 1 unspecified atom stereocenters. The van der Waals surface area contributed by atoms with Crippen molar-refractivity contribution >= 4 is 73.2 Å². The van der Waals surface area contributed by atoms with Gasteiger partial charge in [0.05, 0.1) is 18.3 Å². The number of nitrogens with zero attached hydrogens (tertiary/aromatic N) is 2. The second-order valence-electron chi connectivity index (χ2n) is 11.3. The van der Waals surface area contributed by atoms with Crippen LogP contribution in [0.15, 0.2) is 149 Å². The monoisotopic (exact) mass is 712 g/mol. The average Bonchev–Trinajstić information content (AvgIpc) is 3.53. The first kappa shape index (κ1) is 31.5. The van der Waals surface area contributed by atoms with Crippen LogP contribution in [0.4, 0.5) is 11.4 Å². The molecule has 7 rings (SSSR count). The average molecular weight is 714 g/mol. The Balaban J connectivity index is 1.66. The number of amides is 2. The Morgan fingerprint density at radius 2 is 1.33 bits per heavy atom. The summed E-state index contributed by atoms with van der Waals surface area (Å²) in [5, 5.41) is 13.5. The molecule has 2 aliphatic rings. The van der Waals surface area contributed by atoms with Crippen LogP contribution in [0, 0.1) is 0 Å². The summed E-state index contributed by atoms with van der Waals surface area (Å²) in [4.78, 5) is 75.0. The summed E-state index contributed by atoms with van der Waals surface area (Å²) in [7, 11) is 1.10. The summed E-state index contributed by atoms with van der Waals surface area (Å²) >= 11 is 3.38. The van der Waals surface area contributed by atoms with Crippen LogP contribution in [0.25, 0.3) is 16.5 Å². The maximum absolute atomic E-state index is 15.4. The van der Waals surface area contributed by atoms with Gasteiger partial charge in [0.25, 0.3) is 11.7 Å². The molecule has 240 valence electrons. The normalized spacial score (nSPS) is 18.5. The van der Waals surface area contributed by atoms with Crippen LogP contribution in [-0.4, -0.2) is 47.1 Å². The van der Waals surface area contributed by atoms with Crippen molar-refractivity contribution in [1.29, 1.82) is 0 Å². The van der Waals surface area contributed by atoms with Gasteiger partial charge in [-0.3, -0.25) is 29.0 Å². The fourth-order valence-electron chi connectivity index (χ4n) is 6.51. The second kappa shape index (κ2) is 12.1. The SMILES string of the molecule is COC(=O)C1=C(C(=O)c2ccc3ccccc3c2)C2(C(=O)N1c1ccccc1)/C(=C(\O)c1ccccc1)C(=O)C(=O)N2c1ccc(Br)cc1. The number of ether oxygens (including phenoxy) is 1. The van der Waals surface area contributed by atoms with Crippen LogP contribution in [0.5, 0.6) is 0 Å². The Morgan fingerprint density at radius 1 is 0.714 bits per heavy atom. The Kier molecular flexibility index (Phi) is 7.80. The zero-order chi connectivity index (χ0) is 34.4. The lowest BCUT2D eigenvalue weighted by molar-refractivity contribution is -0.136. The van der Waals surface area contributed by atoms with E-state index < -0.39 is 57.5 Å². The summed E-state index contributed by atoms with van der Waals surface area (Å²) < 4.78 is 5.83. The molecule has 49 heavy (non-hydrogen) atoms. The Hall–Kier alpha value is -6.13. The lowest BCUT2D eigenvalue weighted by Crippen LogP contribution is -2.56. The highest BCUT2D eigenvalue weighted by molar-refractivity contribution is 9.10. The number of anilines is 2. The van der Waals surface area contributed by atoms with Crippen LogP contribution in [0.3, 0.4) is 0 Å². The van der Waals surface area contributed by atoms with E-state index in [0.717, 1.165) is 22.3 Å². The van der Waals surface area contributed by atoms with Gasteiger partial charge in [-0.2, -0.15) is 0 Å². The van der Waals surface area contributed by atoms with E-state index in [1.807, 2.05) is 12.1 Å². The van der Waals surface area contributed by atoms with E-state index >= 15 is 9.59 Å². The van der Waals surface area contributed by atoms with E-state index in [1.165, 1.54) is 24.3 Å². The summed E-state index contributed by atoms with van der Waals surface area (Å²) in [5.41, 5.74) is -3.94. The number of methoxy groups -OCH3 is 1. The minimum absolute atomic E-state index is 0.0636. The van der Waals surface area contributed by atoms with Crippen LogP contribution >= 0.6 is 15.9 Å². The van der Waals surface area contributed by atoms with Gasteiger partial charge in [0.1, 0.15) is 11.5 Å². The number of carbonyl (C=O) groups excluding carboxylic acids is 5. The molecule has 10 heteroatoms. The molecule has 1 spiro atoms. The second-order valence-corrected chi connectivity index (χ2v) is 12.2. The molecule has 2 heterocycles. The van der Waals surface area contributed by atoms with Gasteiger partial charge in [-0.15, -0.1) is 0 Å². The van der Waals surface area contributed by atoms with Gasteiger partial charge in [-0.1, -0.05) is 101 Å². The summed E-state index contributed by atoms with van der Waals surface area (Å²) in [5.74, 6) is -6.02. The van der Waals surface area contributed by atoms with E-state index in [4.69, 9.17) is 4.74 Å². The first-order valence-corrected chi connectivity index (χ1v) is 15.9. The Bertz CT molecular complexity index is 2280. The number of benzene rings is 5. The topological polar surface area (TPSA) is 121 Å². The molecule has 0 bridgehead atoms. The minimum atomic E-state index is -2.65. The lowest BCUT2D eigenvalue weighted by atomic mass is 9.77. The van der Waals surface area contributed by atoms with Crippen LogP contribution in [-0.2, 0) is 23.9 Å².